The molecular weight excluding hydrogens is 393 g/mol. The van der Waals surface area contributed by atoms with Gasteiger partial charge in [0, 0.05) is 34.3 Å². The topological polar surface area (TPSA) is 98.9 Å². The zero-order valence-electron chi connectivity index (χ0n) is 16.4. The maximum Gasteiger partial charge on any atom is 0.124 e. The Kier molecular flexibility index (Phi) is 3.73. The fourth-order valence-corrected chi connectivity index (χ4v) is 3.97. The summed E-state index contributed by atoms with van der Waals surface area (Å²) in [5, 5.41) is 16.3. The van der Waals surface area contributed by atoms with Crippen molar-refractivity contribution in [3.05, 3.63) is 72.7 Å². The number of benzene rings is 1. The number of hydrogen-bond acceptors (Lipinski definition) is 4. The quantitative estimate of drug-likeness (QED) is 0.383. The lowest BCUT2D eigenvalue weighted by molar-refractivity contribution is 0.627. The van der Waals surface area contributed by atoms with Crippen molar-refractivity contribution < 1.29 is 4.39 Å². The molecule has 0 bridgehead atoms. The summed E-state index contributed by atoms with van der Waals surface area (Å²) < 4.78 is 14.0. The number of H-pyrrole nitrogens is 3. The molecule has 31 heavy (non-hydrogen) atoms. The largest absolute Gasteiger partial charge is 0.352 e. The molecule has 0 aliphatic carbocycles. The van der Waals surface area contributed by atoms with E-state index in [9.17, 15) is 4.39 Å². The van der Waals surface area contributed by atoms with E-state index in [1.165, 1.54) is 12.1 Å². The van der Waals surface area contributed by atoms with E-state index in [-0.39, 0.29) is 5.82 Å². The van der Waals surface area contributed by atoms with Gasteiger partial charge in [0.2, 0.25) is 0 Å². The summed E-state index contributed by atoms with van der Waals surface area (Å²) in [7, 11) is 0. The van der Waals surface area contributed by atoms with Crippen LogP contribution < -0.4 is 0 Å². The molecule has 0 unspecified atom stereocenters. The Hall–Kier alpha value is -4.33. The van der Waals surface area contributed by atoms with Crippen molar-refractivity contribution in [2.75, 3.05) is 0 Å². The normalized spacial score (nSPS) is 11.5. The highest BCUT2D eigenvalue weighted by molar-refractivity contribution is 6.01. The molecule has 0 amide bonds. The average molecular weight is 409 g/mol. The van der Waals surface area contributed by atoms with Gasteiger partial charge < -0.3 is 4.98 Å². The van der Waals surface area contributed by atoms with E-state index in [0.29, 0.717) is 0 Å². The van der Waals surface area contributed by atoms with E-state index < -0.39 is 0 Å². The van der Waals surface area contributed by atoms with Crippen LogP contribution in [0.25, 0.3) is 55.6 Å². The van der Waals surface area contributed by atoms with Gasteiger partial charge in [0.25, 0.3) is 0 Å². The highest BCUT2D eigenvalue weighted by Gasteiger charge is 2.15. The van der Waals surface area contributed by atoms with Gasteiger partial charge in [-0.2, -0.15) is 10.2 Å². The van der Waals surface area contributed by atoms with E-state index in [1.54, 1.807) is 31.0 Å². The third-order valence-corrected chi connectivity index (χ3v) is 5.40. The van der Waals surface area contributed by atoms with Crippen LogP contribution in [0.5, 0.6) is 0 Å². The van der Waals surface area contributed by atoms with E-state index >= 15 is 0 Å². The van der Waals surface area contributed by atoms with Gasteiger partial charge in [0.1, 0.15) is 11.5 Å². The highest BCUT2D eigenvalue weighted by Crippen LogP contribution is 2.34. The van der Waals surface area contributed by atoms with Gasteiger partial charge in [0.05, 0.1) is 41.0 Å². The standard InChI is InChI=1S/C23H16FN7/c1-12-2-13(4-15(24)3-12)18-9-25-10-21-16(18)5-20(29-21)23-17-6-19(14-7-27-28-8-14)26-11-22(17)30-31-23/h2-11,29H,1H3,(H,27,28)(H,30,31). The van der Waals surface area contributed by atoms with Gasteiger partial charge >= 0.3 is 0 Å². The summed E-state index contributed by atoms with van der Waals surface area (Å²) in [6, 6.07) is 9.02. The Morgan fingerprint density at radius 3 is 2.65 bits per heavy atom. The van der Waals surface area contributed by atoms with Crippen molar-refractivity contribution in [2.24, 2.45) is 0 Å². The first-order valence-corrected chi connectivity index (χ1v) is 9.74. The lowest BCUT2D eigenvalue weighted by atomic mass is 10.0. The average Bonchev–Trinajstić information content (AvgIpc) is 3.50. The van der Waals surface area contributed by atoms with E-state index in [2.05, 4.69) is 35.3 Å². The predicted molar refractivity (Wildman–Crippen MR) is 117 cm³/mol. The Morgan fingerprint density at radius 2 is 1.81 bits per heavy atom. The fourth-order valence-electron chi connectivity index (χ4n) is 3.97. The SMILES string of the molecule is Cc1cc(F)cc(-c2cncc3[nH]c(-c4n[nH]c5cnc(-c6cn[nH]c6)cc45)cc23)c1. The van der Waals surface area contributed by atoms with Crippen LogP contribution in [0.2, 0.25) is 0 Å². The van der Waals surface area contributed by atoms with E-state index in [4.69, 9.17) is 0 Å². The second kappa shape index (κ2) is 6.60. The molecular formula is C23H16FN7. The first-order chi connectivity index (χ1) is 15.2. The number of aryl methyl sites for hydroxylation is 1. The first kappa shape index (κ1) is 17.5. The Morgan fingerprint density at radius 1 is 0.871 bits per heavy atom. The number of pyridine rings is 2. The number of fused-ring (bicyclic) bond motifs is 2. The minimum absolute atomic E-state index is 0.264. The zero-order chi connectivity index (χ0) is 20.9. The minimum Gasteiger partial charge on any atom is -0.352 e. The molecule has 6 aromatic rings. The van der Waals surface area contributed by atoms with Crippen molar-refractivity contribution in [1.82, 2.24) is 35.3 Å². The third-order valence-electron chi connectivity index (χ3n) is 5.40. The molecule has 0 spiro atoms. The molecule has 5 heterocycles. The van der Waals surface area contributed by atoms with Crippen molar-refractivity contribution in [3.63, 3.8) is 0 Å². The molecule has 0 saturated carbocycles. The van der Waals surface area contributed by atoms with Gasteiger partial charge in [-0.15, -0.1) is 0 Å². The Labute approximate surface area is 175 Å². The van der Waals surface area contributed by atoms with Crippen LogP contribution in [-0.2, 0) is 0 Å². The maximum atomic E-state index is 14.0. The van der Waals surface area contributed by atoms with Gasteiger partial charge in [-0.05, 0) is 42.3 Å². The maximum absolute atomic E-state index is 14.0. The van der Waals surface area contributed by atoms with Crippen LogP contribution in [0.1, 0.15) is 5.56 Å². The molecule has 0 radical (unpaired) electrons. The number of nitrogens with zero attached hydrogens (tertiary/aromatic N) is 4. The number of nitrogens with one attached hydrogen (secondary N) is 3. The summed E-state index contributed by atoms with van der Waals surface area (Å²) in [6.07, 6.45) is 8.82. The van der Waals surface area contributed by atoms with Gasteiger partial charge in [-0.25, -0.2) is 4.39 Å². The molecule has 6 rings (SSSR count). The van der Waals surface area contributed by atoms with Gasteiger partial charge in [0.15, 0.2) is 0 Å². The Bertz CT molecular complexity index is 1540. The van der Waals surface area contributed by atoms with E-state index in [0.717, 1.165) is 61.1 Å². The molecule has 5 aromatic heterocycles. The number of aromatic amines is 3. The third kappa shape index (κ3) is 2.88. The summed E-state index contributed by atoms with van der Waals surface area (Å²) in [4.78, 5) is 12.2. The molecule has 3 N–H and O–H groups in total. The molecule has 7 nitrogen and oxygen atoms in total. The lowest BCUT2D eigenvalue weighted by Crippen LogP contribution is -1.85. The van der Waals surface area contributed by atoms with E-state index in [1.807, 2.05) is 25.1 Å². The van der Waals surface area contributed by atoms with Crippen molar-refractivity contribution in [1.29, 1.82) is 0 Å². The number of aromatic nitrogens is 7. The second-order valence-corrected chi connectivity index (χ2v) is 7.52. The molecule has 8 heteroatoms. The first-order valence-electron chi connectivity index (χ1n) is 9.74. The number of hydrogen-bond donors (Lipinski definition) is 3. The molecule has 0 aliphatic rings. The lowest BCUT2D eigenvalue weighted by Gasteiger charge is -2.05. The predicted octanol–water partition coefficient (Wildman–Crippen LogP) is 5.01. The summed E-state index contributed by atoms with van der Waals surface area (Å²) in [6.45, 7) is 1.88. The smallest absolute Gasteiger partial charge is 0.124 e. The van der Waals surface area contributed by atoms with Crippen molar-refractivity contribution in [2.45, 2.75) is 6.92 Å². The van der Waals surface area contributed by atoms with Crippen LogP contribution in [0, 0.1) is 12.7 Å². The van der Waals surface area contributed by atoms with Gasteiger partial charge in [-0.3, -0.25) is 20.2 Å². The summed E-state index contributed by atoms with van der Waals surface area (Å²) in [5.74, 6) is -0.264. The van der Waals surface area contributed by atoms with Crippen molar-refractivity contribution in [3.8, 4) is 33.8 Å². The number of halogens is 1. The Balaban J connectivity index is 1.53. The molecule has 0 aliphatic heterocycles. The second-order valence-electron chi connectivity index (χ2n) is 7.52. The fraction of sp³-hybridized carbons (Fsp3) is 0.0435. The van der Waals surface area contributed by atoms with Crippen LogP contribution in [-0.4, -0.2) is 35.3 Å². The summed E-state index contributed by atoms with van der Waals surface area (Å²) >= 11 is 0. The van der Waals surface area contributed by atoms with Crippen LogP contribution >= 0.6 is 0 Å². The highest BCUT2D eigenvalue weighted by atomic mass is 19.1. The summed E-state index contributed by atoms with van der Waals surface area (Å²) in [5.41, 5.74) is 7.53. The minimum atomic E-state index is -0.264. The van der Waals surface area contributed by atoms with Crippen LogP contribution in [0.3, 0.4) is 0 Å². The molecule has 1 aromatic carbocycles. The molecule has 0 atom stereocenters. The number of rotatable bonds is 3. The van der Waals surface area contributed by atoms with Gasteiger partial charge in [-0.1, -0.05) is 6.07 Å². The zero-order valence-corrected chi connectivity index (χ0v) is 16.4. The molecule has 150 valence electrons. The monoisotopic (exact) mass is 409 g/mol. The molecule has 0 fully saturated rings. The molecule has 0 saturated heterocycles. The van der Waals surface area contributed by atoms with Crippen molar-refractivity contribution >= 4 is 21.8 Å². The van der Waals surface area contributed by atoms with Crippen LogP contribution in [0.4, 0.5) is 4.39 Å². The van der Waals surface area contributed by atoms with Crippen LogP contribution in [0.15, 0.2) is 61.3 Å².